The summed E-state index contributed by atoms with van der Waals surface area (Å²) in [6.07, 6.45) is 104. The van der Waals surface area contributed by atoms with Crippen molar-refractivity contribution < 1.29 is 0 Å². The average Bonchev–Trinajstić information content (AvgIpc) is 0.760. The zero-order valence-corrected chi connectivity index (χ0v) is 84.0. The molecule has 7 aromatic carbocycles. The predicted molar refractivity (Wildman–Crippen MR) is 563 cm³/mol. The van der Waals surface area contributed by atoms with Crippen LogP contribution in [-0.2, 0) is 116 Å². The Morgan fingerprint density at radius 2 is 0.167 bits per heavy atom. The van der Waals surface area contributed by atoms with Crippen molar-refractivity contribution in [2.45, 2.75) is 542 Å². The molecule has 0 saturated heterocycles. The Kier molecular flexibility index (Phi) is 63.3. The summed E-state index contributed by atoms with van der Waals surface area (Å²) in [5.74, 6) is 0. The zero-order chi connectivity index (χ0) is 88.5. The molecule has 126 heavy (non-hydrogen) atoms. The normalized spacial score (nSPS) is 11.7. The molecule has 0 unspecified atom stereocenters. The molecule has 0 aliphatic heterocycles. The molecule has 0 heterocycles. The van der Waals surface area contributed by atoms with Crippen LogP contribution in [-0.4, -0.2) is 0 Å². The van der Waals surface area contributed by atoms with E-state index < -0.39 is 0 Å². The lowest BCUT2D eigenvalue weighted by atomic mass is 9.76. The molecule has 0 saturated carbocycles. The van der Waals surface area contributed by atoms with Crippen LogP contribution < -0.4 is 0 Å². The van der Waals surface area contributed by atoms with Gasteiger partial charge in [0.05, 0.1) is 0 Å². The minimum absolute atomic E-state index is 1.07. The molecule has 0 aliphatic rings. The number of aryl methyl sites for hydroxylation is 12. The monoisotopic (exact) mass is 1710 g/mol. The third-order valence-corrected chi connectivity index (χ3v) is 29.2. The van der Waals surface area contributed by atoms with Crippen molar-refractivity contribution in [3.8, 4) is 0 Å². The van der Waals surface area contributed by atoms with E-state index in [4.69, 9.17) is 0 Å². The van der Waals surface area contributed by atoms with Gasteiger partial charge in [-0.05, 0) is 254 Å². The number of unbranched alkanes of at least 4 members (excludes halogenated alkanes) is 54. The Morgan fingerprint density at radius 3 is 0.262 bits per heavy atom. The minimum Gasteiger partial charge on any atom is -0.0654 e. The Hall–Kier alpha value is -5.46. The standard InChI is InChI=1S/C126H198/c1-7-13-19-25-31-37-43-49-55-61-67-109-73-85-115(86-74-109)97-103-121-122(104-98-116-87-75-110(76-88-116)68-62-56-50-44-38-32-26-20-14-8-2)124(106-100-118-91-79-112(80-92-118)70-64-58-52-46-40-34-28-22-16-10-4)126(108-102-120-95-83-114(84-96-120)72-66-60-54-48-42-36-30-24-18-12-6)125(107-101-119-93-81-113(82-94-119)71-65-59-53-47-41-35-29-23-17-11-5)123(121)105-99-117-89-77-111(78-90-117)69-63-57-51-45-39-33-27-21-15-9-3/h73-96H,7-72,97-108H2,1-6H3. The molecule has 0 aromatic heterocycles. The van der Waals surface area contributed by atoms with E-state index in [9.17, 15) is 0 Å². The minimum atomic E-state index is 1.07. The Morgan fingerprint density at radius 1 is 0.0873 bits per heavy atom. The van der Waals surface area contributed by atoms with Crippen LogP contribution >= 0.6 is 0 Å². The van der Waals surface area contributed by atoms with Gasteiger partial charge in [-0.2, -0.15) is 0 Å². The molecule has 0 heteroatoms. The molecule has 0 nitrogen and oxygen atoms in total. The molecule has 7 aromatic rings. The van der Waals surface area contributed by atoms with Gasteiger partial charge in [-0.1, -0.05) is 534 Å². The molecule has 0 N–H and O–H groups in total. The van der Waals surface area contributed by atoms with Crippen LogP contribution in [0.4, 0.5) is 0 Å². The van der Waals surface area contributed by atoms with E-state index >= 15 is 0 Å². The van der Waals surface area contributed by atoms with Crippen LogP contribution in [0.1, 0.15) is 527 Å². The second kappa shape index (κ2) is 74.1. The van der Waals surface area contributed by atoms with E-state index in [1.807, 2.05) is 0 Å². The molecule has 0 bridgehead atoms. The second-order valence-electron chi connectivity index (χ2n) is 40.4. The van der Waals surface area contributed by atoms with Crippen molar-refractivity contribution >= 4 is 0 Å². The van der Waals surface area contributed by atoms with Gasteiger partial charge in [0.15, 0.2) is 0 Å². The fraction of sp³-hybridized carbons (Fsp3) is 0.667. The average molecular weight is 1710 g/mol. The first-order valence-corrected chi connectivity index (χ1v) is 56.0. The first-order valence-electron chi connectivity index (χ1n) is 56.0. The lowest BCUT2D eigenvalue weighted by molar-refractivity contribution is 0.556. The van der Waals surface area contributed by atoms with Gasteiger partial charge in [-0.3, -0.25) is 0 Å². The zero-order valence-electron chi connectivity index (χ0n) is 84.0. The smallest absolute Gasteiger partial charge is 0.0233 e. The van der Waals surface area contributed by atoms with Crippen LogP contribution in [0.25, 0.3) is 0 Å². The van der Waals surface area contributed by atoms with E-state index in [2.05, 4.69) is 187 Å². The van der Waals surface area contributed by atoms with Gasteiger partial charge in [0.1, 0.15) is 0 Å². The highest BCUT2D eigenvalue weighted by Gasteiger charge is 2.25. The van der Waals surface area contributed by atoms with E-state index in [1.54, 1.807) is 33.4 Å². The molecule has 0 radical (unpaired) electrons. The van der Waals surface area contributed by atoms with Crippen molar-refractivity contribution in [3.05, 3.63) is 246 Å². The Labute approximate surface area is 782 Å². The lowest BCUT2D eigenvalue weighted by Crippen LogP contribution is -2.18. The van der Waals surface area contributed by atoms with E-state index in [0.717, 1.165) is 77.0 Å². The fourth-order valence-corrected chi connectivity index (χ4v) is 20.7. The van der Waals surface area contributed by atoms with Gasteiger partial charge in [-0.15, -0.1) is 0 Å². The predicted octanol–water partition coefficient (Wildman–Crippen LogP) is 39.2. The third kappa shape index (κ3) is 50.2. The molecule has 0 aliphatic carbocycles. The summed E-state index contributed by atoms with van der Waals surface area (Å²) < 4.78 is 0. The first kappa shape index (κ1) is 108. The maximum atomic E-state index is 2.55. The summed E-state index contributed by atoms with van der Waals surface area (Å²) >= 11 is 0. The van der Waals surface area contributed by atoms with Crippen molar-refractivity contribution in [2.75, 3.05) is 0 Å². The molecular formula is C126H198. The molecule has 0 atom stereocenters. The quantitative estimate of drug-likeness (QED) is 0.0333. The maximum absolute atomic E-state index is 2.55. The molecule has 0 spiro atoms. The molecular weight excluding hydrogens is 1510 g/mol. The van der Waals surface area contributed by atoms with Crippen molar-refractivity contribution in [1.29, 1.82) is 0 Å². The Balaban J connectivity index is 1.28. The topological polar surface area (TPSA) is 0 Å². The van der Waals surface area contributed by atoms with Crippen LogP contribution in [0.3, 0.4) is 0 Å². The van der Waals surface area contributed by atoms with E-state index in [0.29, 0.717) is 0 Å². The fourth-order valence-electron chi connectivity index (χ4n) is 20.7. The third-order valence-electron chi connectivity index (χ3n) is 29.2. The highest BCUT2D eigenvalue weighted by atomic mass is 14.3. The SMILES string of the molecule is CCCCCCCCCCCCc1ccc(CCc2c(CCc3ccc(CCCCCCCCCCCC)cc3)c(CCc3ccc(CCCCCCCCCCCC)cc3)c(CCc3ccc(CCCCCCCCCCCC)cc3)c(CCc3ccc(CCCCCCCCCCCC)cc3)c2CCc2ccc(CCCCCCCCCCCC)cc2)cc1. The van der Waals surface area contributed by atoms with Crippen LogP contribution in [0.2, 0.25) is 0 Å². The molecule has 0 amide bonds. The summed E-state index contributed by atoms with van der Waals surface area (Å²) in [6, 6.07) is 61.0. The van der Waals surface area contributed by atoms with Gasteiger partial charge in [-0.25, -0.2) is 0 Å². The van der Waals surface area contributed by atoms with Crippen LogP contribution in [0.5, 0.6) is 0 Å². The van der Waals surface area contributed by atoms with Gasteiger partial charge in [0.25, 0.3) is 0 Å². The summed E-state index contributed by atoms with van der Waals surface area (Å²) in [5, 5.41) is 0. The summed E-state index contributed by atoms with van der Waals surface area (Å²) in [4.78, 5) is 0. The molecule has 702 valence electrons. The van der Waals surface area contributed by atoms with Crippen LogP contribution in [0, 0.1) is 0 Å². The number of hydrogen-bond acceptors (Lipinski definition) is 0. The molecule has 7 rings (SSSR count). The van der Waals surface area contributed by atoms with Crippen LogP contribution in [0.15, 0.2) is 146 Å². The highest BCUT2D eigenvalue weighted by molar-refractivity contribution is 5.55. The first-order chi connectivity index (χ1) is 62.4. The summed E-state index contributed by atoms with van der Waals surface area (Å²) in [7, 11) is 0. The van der Waals surface area contributed by atoms with Gasteiger partial charge < -0.3 is 0 Å². The van der Waals surface area contributed by atoms with Gasteiger partial charge >= 0.3 is 0 Å². The van der Waals surface area contributed by atoms with Gasteiger partial charge in [0.2, 0.25) is 0 Å². The van der Waals surface area contributed by atoms with Gasteiger partial charge in [0, 0.05) is 0 Å². The largest absolute Gasteiger partial charge is 0.0654 e. The highest BCUT2D eigenvalue weighted by Crippen LogP contribution is 2.37. The molecule has 0 fully saturated rings. The maximum Gasteiger partial charge on any atom is -0.0233 e. The van der Waals surface area contributed by atoms with Crippen molar-refractivity contribution in [2.24, 2.45) is 0 Å². The summed E-state index contributed by atoms with van der Waals surface area (Å²) in [5.41, 5.74) is 28.5. The van der Waals surface area contributed by atoms with E-state index in [-0.39, 0.29) is 0 Å². The summed E-state index contributed by atoms with van der Waals surface area (Å²) in [6.45, 7) is 14.0. The van der Waals surface area contributed by atoms with Crippen molar-refractivity contribution in [1.82, 2.24) is 0 Å². The van der Waals surface area contributed by atoms with Crippen molar-refractivity contribution in [3.63, 3.8) is 0 Å². The number of hydrogen-bond donors (Lipinski definition) is 0. The number of benzene rings is 7. The Bertz CT molecular complexity index is 2970. The lowest BCUT2D eigenvalue weighted by Gasteiger charge is -2.28. The second-order valence-corrected chi connectivity index (χ2v) is 40.4. The number of rotatable bonds is 84. The van der Waals surface area contributed by atoms with E-state index in [1.165, 1.54) is 491 Å².